The van der Waals surface area contributed by atoms with Crippen LogP contribution in [0.1, 0.15) is 44.0 Å². The number of nitrogens with two attached hydrogens (primary N) is 1. The van der Waals surface area contributed by atoms with Crippen LogP contribution >= 0.6 is 0 Å². The summed E-state index contributed by atoms with van der Waals surface area (Å²) < 4.78 is 36.3. The van der Waals surface area contributed by atoms with Crippen LogP contribution in [0.5, 0.6) is 0 Å². The average molecular weight is 490 g/mol. The zero-order valence-electron chi connectivity index (χ0n) is 19.3. The fourth-order valence-electron chi connectivity index (χ4n) is 3.99. The maximum Gasteiger partial charge on any atom is 0.324 e. The lowest BCUT2D eigenvalue weighted by molar-refractivity contribution is 0.250. The summed E-state index contributed by atoms with van der Waals surface area (Å²) in [7, 11) is -4.39. The van der Waals surface area contributed by atoms with Crippen LogP contribution in [-0.4, -0.2) is 73.5 Å². The number of nitrogens with zero attached hydrogens (tertiary/aromatic N) is 5. The quantitative estimate of drug-likeness (QED) is 0.327. The smallest absolute Gasteiger partial charge is 0.324 e. The third-order valence-corrected chi connectivity index (χ3v) is 7.29. The van der Waals surface area contributed by atoms with Crippen molar-refractivity contribution in [2.24, 2.45) is 5.73 Å². The topological polar surface area (TPSA) is 160 Å². The van der Waals surface area contributed by atoms with E-state index in [-0.39, 0.29) is 12.2 Å². The summed E-state index contributed by atoms with van der Waals surface area (Å²) in [4.78, 5) is 22.0. The Bertz CT molecular complexity index is 1170. The SMILES string of the molecule is CCN(CC)CCC([C@H](CCc1ccccc1)c1nc(-c2cn(C(N)=O)cn2)n[nH]1)S(=O)(=O)O. The fourth-order valence-corrected chi connectivity index (χ4v) is 5.07. The molecule has 1 aromatic carbocycles. The molecule has 0 saturated heterocycles. The molecule has 0 spiro atoms. The first-order chi connectivity index (χ1) is 16.2. The number of carbonyl (C=O) groups excluding carboxylic acids is 1. The number of hydrogen-bond donors (Lipinski definition) is 3. The van der Waals surface area contributed by atoms with Gasteiger partial charge in [-0.25, -0.2) is 14.8 Å². The normalized spacial score (nSPS) is 13.8. The molecule has 2 aromatic heterocycles. The highest BCUT2D eigenvalue weighted by Gasteiger charge is 2.35. The molecule has 1 unspecified atom stereocenters. The first-order valence-electron chi connectivity index (χ1n) is 11.2. The van der Waals surface area contributed by atoms with Gasteiger partial charge in [0.15, 0.2) is 0 Å². The Morgan fingerprint density at radius 3 is 2.50 bits per heavy atom. The minimum absolute atomic E-state index is 0.206. The number of aromatic nitrogens is 5. The number of nitrogens with one attached hydrogen (secondary N) is 1. The van der Waals surface area contributed by atoms with Crippen LogP contribution in [0.4, 0.5) is 4.79 Å². The molecule has 0 aliphatic heterocycles. The Morgan fingerprint density at radius 2 is 1.91 bits per heavy atom. The number of carbonyl (C=O) groups is 1. The van der Waals surface area contributed by atoms with Gasteiger partial charge in [-0.15, -0.1) is 0 Å². The van der Waals surface area contributed by atoms with E-state index in [1.807, 2.05) is 44.2 Å². The molecule has 12 heteroatoms. The number of imidazole rings is 1. The lowest BCUT2D eigenvalue weighted by atomic mass is 9.93. The van der Waals surface area contributed by atoms with Gasteiger partial charge in [-0.2, -0.15) is 13.5 Å². The second kappa shape index (κ2) is 11.4. The molecule has 34 heavy (non-hydrogen) atoms. The minimum Gasteiger partial charge on any atom is -0.351 e. The van der Waals surface area contributed by atoms with Crippen molar-refractivity contribution in [1.82, 2.24) is 29.6 Å². The molecule has 184 valence electrons. The number of primary amides is 1. The van der Waals surface area contributed by atoms with E-state index in [1.165, 1.54) is 12.5 Å². The molecule has 0 radical (unpaired) electrons. The summed E-state index contributed by atoms with van der Waals surface area (Å²) in [5.74, 6) is -0.0930. The van der Waals surface area contributed by atoms with Crippen molar-refractivity contribution in [2.45, 2.75) is 44.3 Å². The Morgan fingerprint density at radius 1 is 1.21 bits per heavy atom. The largest absolute Gasteiger partial charge is 0.351 e. The molecule has 2 atom stereocenters. The van der Waals surface area contributed by atoms with E-state index in [4.69, 9.17) is 5.73 Å². The average Bonchev–Trinajstić information content (AvgIpc) is 3.48. The van der Waals surface area contributed by atoms with Crippen molar-refractivity contribution in [3.63, 3.8) is 0 Å². The van der Waals surface area contributed by atoms with Gasteiger partial charge in [0.1, 0.15) is 17.8 Å². The molecule has 3 aromatic rings. The number of hydrogen-bond acceptors (Lipinski definition) is 7. The van der Waals surface area contributed by atoms with E-state index in [0.29, 0.717) is 30.9 Å². The van der Waals surface area contributed by atoms with Crippen LogP contribution in [0, 0.1) is 0 Å². The minimum atomic E-state index is -4.39. The molecule has 2 heterocycles. The van der Waals surface area contributed by atoms with Crippen LogP contribution in [0.15, 0.2) is 42.9 Å². The number of rotatable bonds is 12. The lowest BCUT2D eigenvalue weighted by Crippen LogP contribution is -2.34. The molecule has 3 rings (SSSR count). The van der Waals surface area contributed by atoms with Crippen molar-refractivity contribution >= 4 is 16.1 Å². The Labute approximate surface area is 199 Å². The van der Waals surface area contributed by atoms with Gasteiger partial charge < -0.3 is 10.6 Å². The number of aryl methyl sites for hydroxylation is 1. The fraction of sp³-hybridized carbons (Fsp3) is 0.455. The molecule has 0 aliphatic rings. The van der Waals surface area contributed by atoms with E-state index in [9.17, 15) is 17.8 Å². The molecular formula is C22H31N7O4S. The zero-order chi connectivity index (χ0) is 24.7. The van der Waals surface area contributed by atoms with Gasteiger partial charge in [0.2, 0.25) is 5.82 Å². The van der Waals surface area contributed by atoms with E-state index >= 15 is 0 Å². The Hall–Kier alpha value is -3.09. The highest BCUT2D eigenvalue weighted by atomic mass is 32.2. The lowest BCUT2D eigenvalue weighted by Gasteiger charge is -2.26. The predicted molar refractivity (Wildman–Crippen MR) is 128 cm³/mol. The summed E-state index contributed by atoms with van der Waals surface area (Å²) in [6.45, 7) is 6.08. The molecule has 11 nitrogen and oxygen atoms in total. The van der Waals surface area contributed by atoms with E-state index in [0.717, 1.165) is 23.2 Å². The summed E-state index contributed by atoms with van der Waals surface area (Å²) in [5, 5.41) is 5.94. The van der Waals surface area contributed by atoms with Crippen molar-refractivity contribution in [2.75, 3.05) is 19.6 Å². The van der Waals surface area contributed by atoms with Crippen LogP contribution in [-0.2, 0) is 16.5 Å². The van der Waals surface area contributed by atoms with Crippen LogP contribution < -0.4 is 5.73 Å². The van der Waals surface area contributed by atoms with Crippen molar-refractivity contribution in [3.05, 3.63) is 54.2 Å². The number of amides is 1. The van der Waals surface area contributed by atoms with Gasteiger partial charge in [0.25, 0.3) is 10.1 Å². The predicted octanol–water partition coefficient (Wildman–Crippen LogP) is 2.30. The third kappa shape index (κ3) is 6.49. The van der Waals surface area contributed by atoms with Crippen LogP contribution in [0.25, 0.3) is 11.5 Å². The second-order valence-corrected chi connectivity index (χ2v) is 9.68. The van der Waals surface area contributed by atoms with Gasteiger partial charge in [-0.3, -0.25) is 14.2 Å². The molecule has 0 saturated carbocycles. The molecule has 0 aliphatic carbocycles. The Balaban J connectivity index is 1.93. The zero-order valence-corrected chi connectivity index (χ0v) is 20.1. The van der Waals surface area contributed by atoms with E-state index in [2.05, 4.69) is 25.1 Å². The number of H-pyrrole nitrogens is 1. The van der Waals surface area contributed by atoms with Gasteiger partial charge in [0.05, 0.1) is 5.25 Å². The highest BCUT2D eigenvalue weighted by Crippen LogP contribution is 2.30. The highest BCUT2D eigenvalue weighted by molar-refractivity contribution is 7.86. The molecule has 4 N–H and O–H groups in total. The van der Waals surface area contributed by atoms with Gasteiger partial charge in [-0.1, -0.05) is 44.2 Å². The number of benzene rings is 1. The first-order valence-corrected chi connectivity index (χ1v) is 12.7. The maximum atomic E-state index is 12.5. The summed E-state index contributed by atoms with van der Waals surface area (Å²) in [6, 6.07) is 9.01. The first kappa shape index (κ1) is 25.5. The summed E-state index contributed by atoms with van der Waals surface area (Å²) >= 11 is 0. The molecule has 0 fully saturated rings. The monoisotopic (exact) mass is 489 g/mol. The Kier molecular flexibility index (Phi) is 8.53. The standard InChI is InChI=1S/C22H31N7O4S/c1-3-28(4-2)13-12-19(34(31,32)33)17(11-10-16-8-6-5-7-9-16)20-25-21(27-26-20)18-14-29(15-24-18)22(23)30/h5-9,14-15,17,19H,3-4,10-13H2,1-2H3,(H2,23,30)(H,25,26,27)(H,31,32,33)/t17-,19?/m0/s1. The van der Waals surface area contributed by atoms with Crippen molar-refractivity contribution < 1.29 is 17.8 Å². The van der Waals surface area contributed by atoms with Gasteiger partial charge in [0, 0.05) is 12.1 Å². The molecule has 1 amide bonds. The van der Waals surface area contributed by atoms with Crippen molar-refractivity contribution in [1.29, 1.82) is 0 Å². The summed E-state index contributed by atoms with van der Waals surface area (Å²) in [5.41, 5.74) is 6.62. The number of aromatic amines is 1. The van der Waals surface area contributed by atoms with E-state index < -0.39 is 27.3 Å². The van der Waals surface area contributed by atoms with Gasteiger partial charge >= 0.3 is 6.03 Å². The molecule has 0 bridgehead atoms. The summed E-state index contributed by atoms with van der Waals surface area (Å²) in [6.07, 6.45) is 3.92. The van der Waals surface area contributed by atoms with Gasteiger partial charge in [-0.05, 0) is 44.5 Å². The second-order valence-electron chi connectivity index (χ2n) is 8.05. The third-order valence-electron chi connectivity index (χ3n) is 5.96. The molecular weight excluding hydrogens is 458 g/mol. The van der Waals surface area contributed by atoms with E-state index in [1.54, 1.807) is 0 Å². The van der Waals surface area contributed by atoms with Crippen molar-refractivity contribution in [3.8, 4) is 11.5 Å². The van der Waals surface area contributed by atoms with Crippen LogP contribution in [0.3, 0.4) is 0 Å². The maximum absolute atomic E-state index is 12.5. The van der Waals surface area contributed by atoms with Crippen LogP contribution in [0.2, 0.25) is 0 Å².